The van der Waals surface area contributed by atoms with Crippen LogP contribution in [0.25, 0.3) is 10.8 Å². The highest BCUT2D eigenvalue weighted by Gasteiger charge is 2.30. The molecule has 1 aliphatic heterocycles. The highest BCUT2D eigenvalue weighted by molar-refractivity contribution is 7.94. The van der Waals surface area contributed by atoms with E-state index in [0.29, 0.717) is 24.3 Å². The van der Waals surface area contributed by atoms with E-state index in [1.54, 1.807) is 53.9 Å². The number of rotatable bonds is 5. The molecule has 1 aromatic heterocycles. The van der Waals surface area contributed by atoms with Gasteiger partial charge in [-0.2, -0.15) is 0 Å². The third-order valence-corrected chi connectivity index (χ3v) is 10.0. The van der Waals surface area contributed by atoms with Crippen LogP contribution in [0, 0.1) is 0 Å². The molecule has 0 saturated heterocycles. The molecule has 4 aromatic rings. The Morgan fingerprint density at radius 2 is 1.66 bits per heavy atom. The molecule has 0 aliphatic carbocycles. The summed E-state index contributed by atoms with van der Waals surface area (Å²) in [5.41, 5.74) is 1.72. The fourth-order valence-corrected chi connectivity index (χ4v) is 7.64. The van der Waals surface area contributed by atoms with Gasteiger partial charge in [0.15, 0.2) is 0 Å². The molecule has 164 valence electrons. The SMILES string of the molecule is O=S(=O)(Nc1ccc2c(c1)N(S(=O)(=O)c1cccs1)CCC2)c1ccc2ccccc2c1. The number of hydrogen-bond acceptors (Lipinski definition) is 5. The number of nitrogens with one attached hydrogen (secondary N) is 1. The molecule has 1 aliphatic rings. The second kappa shape index (κ2) is 7.91. The standard InChI is InChI=1S/C23H20N2O4S3/c26-31(27,21-12-10-17-5-1-2-6-19(17)15-21)24-20-11-9-18-7-3-13-25(22(18)16-20)32(28,29)23-8-4-14-30-23/h1-2,4-6,8-12,14-16,24H,3,7,13H2. The van der Waals surface area contributed by atoms with Crippen LogP contribution in [0.5, 0.6) is 0 Å². The van der Waals surface area contributed by atoms with Crippen LogP contribution in [0.3, 0.4) is 0 Å². The average molecular weight is 485 g/mol. The van der Waals surface area contributed by atoms with E-state index >= 15 is 0 Å². The molecular weight excluding hydrogens is 464 g/mol. The van der Waals surface area contributed by atoms with E-state index in [9.17, 15) is 16.8 Å². The second-order valence-electron chi connectivity index (χ2n) is 7.57. The van der Waals surface area contributed by atoms with Gasteiger partial charge < -0.3 is 0 Å². The zero-order valence-corrected chi connectivity index (χ0v) is 19.4. The Hall–Kier alpha value is -2.88. The first-order valence-electron chi connectivity index (χ1n) is 10.1. The zero-order chi connectivity index (χ0) is 22.3. The van der Waals surface area contributed by atoms with Crippen LogP contribution < -0.4 is 9.03 Å². The van der Waals surface area contributed by atoms with Crippen molar-refractivity contribution in [3.63, 3.8) is 0 Å². The Kier molecular flexibility index (Phi) is 5.19. The summed E-state index contributed by atoms with van der Waals surface area (Å²) in [6.45, 7) is 0.355. The summed E-state index contributed by atoms with van der Waals surface area (Å²) in [4.78, 5) is 0.150. The van der Waals surface area contributed by atoms with Gasteiger partial charge in [0, 0.05) is 6.54 Å². The Bertz CT molecular complexity index is 1510. The van der Waals surface area contributed by atoms with E-state index < -0.39 is 20.0 Å². The Balaban J connectivity index is 1.50. The lowest BCUT2D eigenvalue weighted by Gasteiger charge is -2.30. The molecule has 0 bridgehead atoms. The van der Waals surface area contributed by atoms with Gasteiger partial charge in [0.1, 0.15) is 4.21 Å². The summed E-state index contributed by atoms with van der Waals surface area (Å²) in [6, 6.07) is 20.9. The summed E-state index contributed by atoms with van der Waals surface area (Å²) in [5, 5.41) is 3.51. The number of aryl methyl sites for hydroxylation is 1. The van der Waals surface area contributed by atoms with Crippen LogP contribution in [-0.2, 0) is 26.5 Å². The lowest BCUT2D eigenvalue weighted by molar-refractivity contribution is 0.588. The maximum Gasteiger partial charge on any atom is 0.273 e. The average Bonchev–Trinajstić information content (AvgIpc) is 3.34. The number of thiophene rings is 1. The van der Waals surface area contributed by atoms with Crippen LogP contribution in [-0.4, -0.2) is 23.4 Å². The van der Waals surface area contributed by atoms with Gasteiger partial charge in [-0.1, -0.05) is 42.5 Å². The van der Waals surface area contributed by atoms with Gasteiger partial charge in [-0.25, -0.2) is 16.8 Å². The van der Waals surface area contributed by atoms with Gasteiger partial charge in [-0.15, -0.1) is 11.3 Å². The van der Waals surface area contributed by atoms with E-state index in [-0.39, 0.29) is 9.10 Å². The first-order chi connectivity index (χ1) is 15.3. The molecule has 5 rings (SSSR count). The predicted octanol–water partition coefficient (Wildman–Crippen LogP) is 4.84. The minimum absolute atomic E-state index is 0.150. The minimum atomic E-state index is -3.84. The maximum absolute atomic E-state index is 13.2. The van der Waals surface area contributed by atoms with Crippen molar-refractivity contribution in [2.45, 2.75) is 21.9 Å². The van der Waals surface area contributed by atoms with Crippen LogP contribution >= 0.6 is 11.3 Å². The summed E-state index contributed by atoms with van der Waals surface area (Å²) in [7, 11) is -7.54. The topological polar surface area (TPSA) is 83.6 Å². The second-order valence-corrected chi connectivity index (χ2v) is 12.3. The van der Waals surface area contributed by atoms with Crippen molar-refractivity contribution >= 4 is 53.5 Å². The number of fused-ring (bicyclic) bond motifs is 2. The number of nitrogens with zero attached hydrogens (tertiary/aromatic N) is 1. The molecule has 3 aromatic carbocycles. The highest BCUT2D eigenvalue weighted by atomic mass is 32.2. The van der Waals surface area contributed by atoms with Gasteiger partial charge in [0.05, 0.1) is 16.3 Å². The first kappa shape index (κ1) is 21.0. The molecule has 9 heteroatoms. The molecule has 2 heterocycles. The lowest BCUT2D eigenvalue weighted by atomic mass is 10.0. The van der Waals surface area contributed by atoms with E-state index in [4.69, 9.17) is 0 Å². The number of benzene rings is 3. The van der Waals surface area contributed by atoms with E-state index in [1.165, 1.54) is 15.6 Å². The van der Waals surface area contributed by atoms with Crippen molar-refractivity contribution in [1.82, 2.24) is 0 Å². The largest absolute Gasteiger partial charge is 0.280 e. The van der Waals surface area contributed by atoms with Crippen LogP contribution in [0.2, 0.25) is 0 Å². The molecule has 1 N–H and O–H groups in total. The van der Waals surface area contributed by atoms with Crippen molar-refractivity contribution in [3.8, 4) is 0 Å². The number of anilines is 2. The van der Waals surface area contributed by atoms with E-state index in [0.717, 1.165) is 22.8 Å². The molecule has 0 unspecified atom stereocenters. The molecular formula is C23H20N2O4S3. The fraction of sp³-hybridized carbons (Fsp3) is 0.130. The maximum atomic E-state index is 13.2. The molecule has 6 nitrogen and oxygen atoms in total. The third kappa shape index (κ3) is 3.76. The van der Waals surface area contributed by atoms with Crippen molar-refractivity contribution in [2.75, 3.05) is 15.6 Å². The third-order valence-electron chi connectivity index (χ3n) is 5.48. The Morgan fingerprint density at radius 1 is 0.844 bits per heavy atom. The van der Waals surface area contributed by atoms with Gasteiger partial charge in [-0.3, -0.25) is 9.03 Å². The Morgan fingerprint density at radius 3 is 2.44 bits per heavy atom. The van der Waals surface area contributed by atoms with Crippen LogP contribution in [0.15, 0.2) is 87.3 Å². The summed E-state index contributed by atoms with van der Waals surface area (Å²) in [6.07, 6.45) is 1.45. The fourth-order valence-electron chi connectivity index (χ4n) is 3.92. The highest BCUT2D eigenvalue weighted by Crippen LogP contribution is 2.35. The molecule has 0 fully saturated rings. The van der Waals surface area contributed by atoms with Crippen molar-refractivity contribution in [2.24, 2.45) is 0 Å². The van der Waals surface area contributed by atoms with Gasteiger partial charge in [0.2, 0.25) is 0 Å². The molecule has 0 spiro atoms. The van der Waals surface area contributed by atoms with Gasteiger partial charge in [-0.05, 0) is 64.9 Å². The summed E-state index contributed by atoms with van der Waals surface area (Å²) < 4.78 is 56.6. The molecule has 0 saturated carbocycles. The molecule has 0 atom stereocenters. The van der Waals surface area contributed by atoms with Crippen LogP contribution in [0.1, 0.15) is 12.0 Å². The summed E-state index contributed by atoms with van der Waals surface area (Å²) in [5.74, 6) is 0. The molecule has 0 radical (unpaired) electrons. The zero-order valence-electron chi connectivity index (χ0n) is 16.9. The monoisotopic (exact) mass is 484 g/mol. The van der Waals surface area contributed by atoms with Crippen molar-refractivity contribution in [1.29, 1.82) is 0 Å². The number of hydrogen-bond donors (Lipinski definition) is 1. The van der Waals surface area contributed by atoms with Crippen molar-refractivity contribution in [3.05, 3.63) is 83.7 Å². The minimum Gasteiger partial charge on any atom is -0.280 e. The number of sulfonamides is 2. The normalized spacial score (nSPS) is 14.3. The van der Waals surface area contributed by atoms with E-state index in [1.807, 2.05) is 24.3 Å². The van der Waals surface area contributed by atoms with Crippen LogP contribution in [0.4, 0.5) is 11.4 Å². The molecule has 0 amide bonds. The quantitative estimate of drug-likeness (QED) is 0.439. The van der Waals surface area contributed by atoms with Gasteiger partial charge in [0.25, 0.3) is 20.0 Å². The Labute approximate surface area is 191 Å². The smallest absolute Gasteiger partial charge is 0.273 e. The van der Waals surface area contributed by atoms with Crippen molar-refractivity contribution < 1.29 is 16.8 Å². The first-order valence-corrected chi connectivity index (χ1v) is 13.9. The van der Waals surface area contributed by atoms with E-state index in [2.05, 4.69) is 4.72 Å². The molecule has 32 heavy (non-hydrogen) atoms. The predicted molar refractivity (Wildman–Crippen MR) is 128 cm³/mol. The van der Waals surface area contributed by atoms with Gasteiger partial charge >= 0.3 is 0 Å². The lowest BCUT2D eigenvalue weighted by Crippen LogP contribution is -2.35. The summed E-state index contributed by atoms with van der Waals surface area (Å²) >= 11 is 1.17.